The Morgan fingerprint density at radius 1 is 0.684 bits per heavy atom. The summed E-state index contributed by atoms with van der Waals surface area (Å²) in [7, 11) is -9.65. The topological polar surface area (TPSA) is 280 Å². The number of piperidine rings is 3. The molecule has 324 valence electrons. The Balaban J connectivity index is 0.000000224. The lowest BCUT2D eigenvalue weighted by Crippen LogP contribution is -2.52. The Morgan fingerprint density at radius 2 is 1.16 bits per heavy atom. The highest BCUT2D eigenvalue weighted by molar-refractivity contribution is 7.81. The van der Waals surface area contributed by atoms with Gasteiger partial charge in [-0.2, -0.15) is 27.0 Å². The van der Waals surface area contributed by atoms with Crippen LogP contribution in [0.25, 0.3) is 0 Å². The normalized spacial score (nSPS) is 26.9. The standard InChI is InChI=1S/C18H30N4O9S.C14H23N3O7S/c1-18(2,3)30-17(25)20-9-5-4-6-13(20)11-29-19-15(23)14-8-7-12-10-21(14)16(24)22(12)31-32(26,27)28;18-13(15-23-9-10-4-2-1-3-5-10)12-7-6-11-8-16(12)14(19)17(11)24-25(20,21)22/h12-14H,4-11H2,1-3H3,(H,19,23)(H,26,27,28);10-12H,1-9H2,(H,15,18)(H,20,21,22)/t12-,13-,14+;11-,12+/m11/s1. The van der Waals surface area contributed by atoms with Crippen LogP contribution in [0, 0.1) is 5.92 Å². The average Bonchev–Trinajstić information content (AvgIpc) is 3.49. The van der Waals surface area contributed by atoms with E-state index in [0.29, 0.717) is 54.9 Å². The Labute approximate surface area is 331 Å². The number of urea groups is 2. The second-order valence-corrected chi connectivity index (χ2v) is 17.9. The molecule has 57 heavy (non-hydrogen) atoms. The highest BCUT2D eigenvalue weighted by Gasteiger charge is 2.51. The van der Waals surface area contributed by atoms with Gasteiger partial charge in [0.25, 0.3) is 11.8 Å². The fraction of sp³-hybridized carbons (Fsp3) is 0.844. The first-order valence-electron chi connectivity index (χ1n) is 19.1. The molecule has 0 unspecified atom stereocenters. The van der Waals surface area contributed by atoms with Crippen molar-refractivity contribution in [3.05, 3.63) is 0 Å². The van der Waals surface area contributed by atoms with Gasteiger partial charge in [-0.3, -0.25) is 28.4 Å². The summed E-state index contributed by atoms with van der Waals surface area (Å²) in [6.45, 7) is 6.66. The zero-order valence-electron chi connectivity index (χ0n) is 32.1. The predicted molar refractivity (Wildman–Crippen MR) is 192 cm³/mol. The molecule has 0 radical (unpaired) electrons. The molecule has 0 aromatic rings. The van der Waals surface area contributed by atoms with Crippen molar-refractivity contribution in [1.82, 2.24) is 35.8 Å². The Kier molecular flexibility index (Phi) is 14.5. The van der Waals surface area contributed by atoms with E-state index in [4.69, 9.17) is 23.5 Å². The van der Waals surface area contributed by atoms with Crippen LogP contribution in [0.5, 0.6) is 0 Å². The van der Waals surface area contributed by atoms with Crippen molar-refractivity contribution in [2.75, 3.05) is 32.8 Å². The molecule has 1 aliphatic carbocycles. The Morgan fingerprint density at radius 3 is 1.63 bits per heavy atom. The molecule has 4 bridgehead atoms. The maximum Gasteiger partial charge on any atom is 0.418 e. The number of ether oxygens (including phenoxy) is 1. The van der Waals surface area contributed by atoms with Crippen LogP contribution < -0.4 is 11.0 Å². The van der Waals surface area contributed by atoms with E-state index in [0.717, 1.165) is 25.7 Å². The molecule has 5 saturated heterocycles. The number of hydroxylamine groups is 6. The number of likely N-dealkylation sites (tertiary alicyclic amines) is 1. The first-order valence-corrected chi connectivity index (χ1v) is 21.8. The summed E-state index contributed by atoms with van der Waals surface area (Å²) >= 11 is 0. The molecular weight excluding hydrogens is 803 g/mol. The van der Waals surface area contributed by atoms with Crippen molar-refractivity contribution in [3.63, 3.8) is 0 Å². The van der Waals surface area contributed by atoms with Gasteiger partial charge in [0, 0.05) is 19.6 Å². The molecule has 5 heterocycles. The first kappa shape index (κ1) is 44.5. The number of nitrogens with zero attached hydrogens (tertiary/aromatic N) is 5. The molecule has 5 atom stereocenters. The van der Waals surface area contributed by atoms with Crippen LogP contribution in [0.1, 0.15) is 97.8 Å². The summed E-state index contributed by atoms with van der Waals surface area (Å²) in [6.07, 6.45) is 9.14. The van der Waals surface area contributed by atoms with Crippen LogP contribution in [0.4, 0.5) is 14.4 Å². The molecule has 0 aromatic carbocycles. The van der Waals surface area contributed by atoms with Gasteiger partial charge in [0.05, 0.1) is 31.3 Å². The number of nitrogens with one attached hydrogen (secondary N) is 2. The van der Waals surface area contributed by atoms with Gasteiger partial charge >= 0.3 is 39.0 Å². The van der Waals surface area contributed by atoms with Crippen molar-refractivity contribution in [1.29, 1.82) is 0 Å². The quantitative estimate of drug-likeness (QED) is 0.160. The molecule has 0 spiro atoms. The van der Waals surface area contributed by atoms with Gasteiger partial charge in [0.15, 0.2) is 0 Å². The third-order valence-corrected chi connectivity index (χ3v) is 11.2. The Bertz CT molecular complexity index is 1710. The largest absolute Gasteiger partial charge is 0.444 e. The fourth-order valence-corrected chi connectivity index (χ4v) is 8.65. The first-order chi connectivity index (χ1) is 26.7. The highest BCUT2D eigenvalue weighted by Crippen LogP contribution is 2.32. The van der Waals surface area contributed by atoms with Gasteiger partial charge in [0.2, 0.25) is 0 Å². The van der Waals surface area contributed by atoms with Crippen molar-refractivity contribution in [2.45, 2.75) is 134 Å². The van der Waals surface area contributed by atoms with E-state index < -0.39 is 80.5 Å². The van der Waals surface area contributed by atoms with E-state index in [2.05, 4.69) is 19.5 Å². The minimum Gasteiger partial charge on any atom is -0.444 e. The van der Waals surface area contributed by atoms with Crippen LogP contribution in [0.2, 0.25) is 0 Å². The summed E-state index contributed by atoms with van der Waals surface area (Å²) in [6, 6.07) is -4.56. The highest BCUT2D eigenvalue weighted by atomic mass is 32.3. The molecular formula is C32H53N7O16S2. The maximum absolute atomic E-state index is 12.6. The molecule has 7 amide bonds. The Hall–Kier alpha value is -3.59. The van der Waals surface area contributed by atoms with Crippen molar-refractivity contribution in [3.8, 4) is 0 Å². The molecule has 0 aromatic heterocycles. The minimum atomic E-state index is -4.86. The number of hydrogen-bond acceptors (Lipinski definition) is 14. The van der Waals surface area contributed by atoms with E-state index >= 15 is 0 Å². The monoisotopic (exact) mass is 855 g/mol. The molecule has 23 nitrogen and oxygen atoms in total. The maximum atomic E-state index is 12.6. The van der Waals surface area contributed by atoms with Gasteiger partial charge in [-0.25, -0.2) is 25.3 Å². The predicted octanol–water partition coefficient (Wildman–Crippen LogP) is 1.44. The third-order valence-electron chi connectivity index (χ3n) is 10.5. The lowest BCUT2D eigenvalue weighted by Gasteiger charge is -2.36. The smallest absolute Gasteiger partial charge is 0.418 e. The number of amides is 7. The second-order valence-electron chi connectivity index (χ2n) is 15.9. The van der Waals surface area contributed by atoms with Crippen molar-refractivity contribution < 1.29 is 72.9 Å². The summed E-state index contributed by atoms with van der Waals surface area (Å²) in [5.74, 6) is -0.557. The number of carbonyl (C=O) groups is 5. The summed E-state index contributed by atoms with van der Waals surface area (Å²) in [5, 5.41) is 1.19. The van der Waals surface area contributed by atoms with E-state index in [1.165, 1.54) is 29.1 Å². The van der Waals surface area contributed by atoms with Gasteiger partial charge in [-0.15, -0.1) is 8.57 Å². The lowest BCUT2D eigenvalue weighted by molar-refractivity contribution is -0.141. The summed E-state index contributed by atoms with van der Waals surface area (Å²) < 4.78 is 75.4. The molecule has 1 saturated carbocycles. The zero-order chi connectivity index (χ0) is 41.7. The molecule has 25 heteroatoms. The SMILES string of the molecule is CC(C)(C)OC(=O)N1CCCC[C@@H]1CONC(=O)[C@@H]1CC[C@@H]2CN1C(=O)N2OS(=O)(=O)O.O=C(NOCC1CCCCC1)[C@@H]1CC[C@@H]2CN1C(=O)N2OS(=O)(=O)O. The van der Waals surface area contributed by atoms with Crippen LogP contribution in [0.3, 0.4) is 0 Å². The molecule has 6 fully saturated rings. The van der Waals surface area contributed by atoms with Crippen LogP contribution in [-0.4, -0.2) is 149 Å². The zero-order valence-corrected chi connectivity index (χ0v) is 33.8. The number of fused-ring (bicyclic) bond motifs is 4. The fourth-order valence-electron chi connectivity index (χ4n) is 7.87. The van der Waals surface area contributed by atoms with Crippen molar-refractivity contribution in [2.24, 2.45) is 5.92 Å². The second kappa shape index (κ2) is 18.6. The van der Waals surface area contributed by atoms with Gasteiger partial charge in [-0.1, -0.05) is 19.3 Å². The third kappa shape index (κ3) is 12.2. The molecule has 6 aliphatic rings. The van der Waals surface area contributed by atoms with Crippen LogP contribution >= 0.6 is 0 Å². The number of rotatable bonds is 12. The summed E-state index contributed by atoms with van der Waals surface area (Å²) in [4.78, 5) is 76.7. The lowest BCUT2D eigenvalue weighted by atomic mass is 9.90. The van der Waals surface area contributed by atoms with Crippen LogP contribution in [-0.2, 0) is 53.4 Å². The summed E-state index contributed by atoms with van der Waals surface area (Å²) in [5.41, 5.74) is 4.12. The van der Waals surface area contributed by atoms with Crippen molar-refractivity contribution >= 4 is 50.8 Å². The van der Waals surface area contributed by atoms with E-state index in [1.807, 2.05) is 0 Å². The molecule has 6 rings (SSSR count). The van der Waals surface area contributed by atoms with Gasteiger partial charge in [0.1, 0.15) is 17.7 Å². The van der Waals surface area contributed by atoms with Crippen LogP contribution in [0.15, 0.2) is 0 Å². The molecule has 5 aliphatic heterocycles. The van der Waals surface area contributed by atoms with Gasteiger partial charge < -0.3 is 19.4 Å². The number of carbonyl (C=O) groups excluding carboxylic acids is 5. The number of hydrogen-bond donors (Lipinski definition) is 4. The van der Waals surface area contributed by atoms with Gasteiger partial charge in [-0.05, 0) is 84.5 Å². The van der Waals surface area contributed by atoms with E-state index in [-0.39, 0.29) is 32.2 Å². The van der Waals surface area contributed by atoms with E-state index in [1.54, 1.807) is 25.7 Å². The molecule has 4 N–H and O–H groups in total. The van der Waals surface area contributed by atoms with E-state index in [9.17, 15) is 40.8 Å². The minimum absolute atomic E-state index is 0.0618. The average molecular weight is 856 g/mol.